The number of methoxy groups -OCH3 is 1. The van der Waals surface area contributed by atoms with Crippen molar-refractivity contribution in [1.29, 1.82) is 0 Å². The number of phenolic OH excluding ortho intramolecular Hbond substituents is 1. The lowest BCUT2D eigenvalue weighted by molar-refractivity contribution is 0.104. The second-order valence-electron chi connectivity index (χ2n) is 5.62. The van der Waals surface area contributed by atoms with Gasteiger partial charge in [-0.1, -0.05) is 18.2 Å². The van der Waals surface area contributed by atoms with Gasteiger partial charge in [-0.2, -0.15) is 0 Å². The molecule has 1 aromatic heterocycles. The number of fused-ring (bicyclic) bond motifs is 1. The minimum Gasteiger partial charge on any atom is -0.507 e. The highest BCUT2D eigenvalue weighted by Crippen LogP contribution is 2.31. The maximum atomic E-state index is 12.4. The second-order valence-corrected chi connectivity index (χ2v) is 5.62. The van der Waals surface area contributed by atoms with Gasteiger partial charge >= 0.3 is 0 Å². The van der Waals surface area contributed by atoms with Crippen LogP contribution >= 0.6 is 0 Å². The topological polar surface area (TPSA) is 59.7 Å². The number of phenols is 1. The van der Waals surface area contributed by atoms with Crippen molar-refractivity contribution in [3.63, 3.8) is 0 Å². The van der Waals surface area contributed by atoms with Crippen molar-refractivity contribution in [2.45, 2.75) is 13.8 Å². The van der Waals surface area contributed by atoms with E-state index in [-0.39, 0.29) is 17.1 Å². The SMILES string of the molecule is COc1cccc(/C=C/C(=O)c2cc3c(C)c(C)oc3cc2O)c1. The number of aromatic hydroxyl groups is 1. The van der Waals surface area contributed by atoms with E-state index in [0.29, 0.717) is 5.58 Å². The summed E-state index contributed by atoms with van der Waals surface area (Å²) in [7, 11) is 1.59. The van der Waals surface area contributed by atoms with Crippen molar-refractivity contribution in [1.82, 2.24) is 0 Å². The quantitative estimate of drug-likeness (QED) is 0.560. The Hall–Kier alpha value is -3.01. The lowest BCUT2D eigenvalue weighted by Gasteiger charge is -2.02. The summed E-state index contributed by atoms with van der Waals surface area (Å²) >= 11 is 0. The average molecular weight is 322 g/mol. The van der Waals surface area contributed by atoms with E-state index in [9.17, 15) is 9.90 Å². The van der Waals surface area contributed by atoms with Crippen LogP contribution in [0, 0.1) is 13.8 Å². The minimum absolute atomic E-state index is 0.0865. The van der Waals surface area contributed by atoms with E-state index >= 15 is 0 Å². The first-order valence-electron chi connectivity index (χ1n) is 7.59. The zero-order chi connectivity index (χ0) is 17.3. The number of ketones is 1. The maximum absolute atomic E-state index is 12.4. The summed E-state index contributed by atoms with van der Waals surface area (Å²) < 4.78 is 10.7. The van der Waals surface area contributed by atoms with Gasteiger partial charge in [0, 0.05) is 11.5 Å². The van der Waals surface area contributed by atoms with E-state index < -0.39 is 0 Å². The fourth-order valence-corrected chi connectivity index (χ4v) is 2.58. The van der Waals surface area contributed by atoms with Crippen molar-refractivity contribution in [3.05, 3.63) is 64.9 Å². The highest BCUT2D eigenvalue weighted by atomic mass is 16.5. The zero-order valence-corrected chi connectivity index (χ0v) is 13.8. The lowest BCUT2D eigenvalue weighted by Crippen LogP contribution is -1.95. The Kier molecular flexibility index (Phi) is 4.13. The number of rotatable bonds is 4. The molecule has 122 valence electrons. The summed E-state index contributed by atoms with van der Waals surface area (Å²) in [6.45, 7) is 3.79. The molecule has 0 spiro atoms. The van der Waals surface area contributed by atoms with E-state index in [1.54, 1.807) is 19.3 Å². The molecule has 1 N–H and O–H groups in total. The van der Waals surface area contributed by atoms with Gasteiger partial charge in [-0.05, 0) is 49.2 Å². The molecule has 4 heteroatoms. The number of aryl methyl sites for hydroxylation is 2. The van der Waals surface area contributed by atoms with Crippen LogP contribution in [0.4, 0.5) is 0 Å². The summed E-state index contributed by atoms with van der Waals surface area (Å²) in [5, 5.41) is 11.0. The Balaban J connectivity index is 1.94. The highest BCUT2D eigenvalue weighted by Gasteiger charge is 2.14. The average Bonchev–Trinajstić information content (AvgIpc) is 2.85. The Morgan fingerprint density at radius 2 is 2.00 bits per heavy atom. The molecule has 0 amide bonds. The third-order valence-corrected chi connectivity index (χ3v) is 4.08. The second kappa shape index (κ2) is 6.24. The molecule has 3 rings (SSSR count). The smallest absolute Gasteiger partial charge is 0.189 e. The summed E-state index contributed by atoms with van der Waals surface area (Å²) in [5.74, 6) is 1.14. The minimum atomic E-state index is -0.268. The zero-order valence-electron chi connectivity index (χ0n) is 13.8. The van der Waals surface area contributed by atoms with Crippen molar-refractivity contribution >= 4 is 22.8 Å². The molecule has 0 saturated heterocycles. The van der Waals surface area contributed by atoms with Gasteiger partial charge in [0.1, 0.15) is 22.8 Å². The van der Waals surface area contributed by atoms with Crippen LogP contribution < -0.4 is 4.74 Å². The molecule has 4 nitrogen and oxygen atoms in total. The molecule has 0 aliphatic heterocycles. The molecular formula is C20H18O4. The first-order chi connectivity index (χ1) is 11.5. The largest absolute Gasteiger partial charge is 0.507 e. The summed E-state index contributed by atoms with van der Waals surface area (Å²) in [4.78, 5) is 12.4. The van der Waals surface area contributed by atoms with E-state index in [1.165, 1.54) is 12.1 Å². The van der Waals surface area contributed by atoms with Crippen molar-refractivity contribution in [2.24, 2.45) is 0 Å². The number of carbonyl (C=O) groups is 1. The number of allylic oxidation sites excluding steroid dienone is 1. The third-order valence-electron chi connectivity index (χ3n) is 4.08. The molecular weight excluding hydrogens is 304 g/mol. The Labute approximate surface area is 140 Å². The van der Waals surface area contributed by atoms with Crippen LogP contribution in [-0.2, 0) is 0 Å². The van der Waals surface area contributed by atoms with Gasteiger partial charge < -0.3 is 14.3 Å². The van der Waals surface area contributed by atoms with Crippen LogP contribution in [-0.4, -0.2) is 18.0 Å². The van der Waals surface area contributed by atoms with Gasteiger partial charge in [-0.3, -0.25) is 4.79 Å². The summed E-state index contributed by atoms with van der Waals surface area (Å²) in [6, 6.07) is 10.6. The molecule has 0 bridgehead atoms. The molecule has 0 unspecified atom stereocenters. The molecule has 0 atom stereocenters. The fourth-order valence-electron chi connectivity index (χ4n) is 2.58. The Bertz CT molecular complexity index is 948. The van der Waals surface area contributed by atoms with E-state index in [2.05, 4.69) is 0 Å². The first kappa shape index (κ1) is 15.9. The lowest BCUT2D eigenvalue weighted by atomic mass is 10.0. The summed E-state index contributed by atoms with van der Waals surface area (Å²) in [6.07, 6.45) is 3.14. The molecule has 0 aliphatic carbocycles. The number of benzene rings is 2. The molecule has 0 aliphatic rings. The molecule has 0 saturated carbocycles. The molecule has 24 heavy (non-hydrogen) atoms. The number of hydrogen-bond acceptors (Lipinski definition) is 4. The molecule has 2 aromatic carbocycles. The van der Waals surface area contributed by atoms with Crippen molar-refractivity contribution < 1.29 is 19.1 Å². The van der Waals surface area contributed by atoms with Crippen molar-refractivity contribution in [3.8, 4) is 11.5 Å². The van der Waals surface area contributed by atoms with Crippen LogP contribution in [0.1, 0.15) is 27.2 Å². The van der Waals surface area contributed by atoms with Gasteiger partial charge in [-0.25, -0.2) is 0 Å². The standard InChI is InChI=1S/C20H18O4/c1-12-13(2)24-20-11-19(22)17(10-16(12)20)18(21)8-7-14-5-4-6-15(9-14)23-3/h4-11,22H,1-3H3/b8-7+. The van der Waals surface area contributed by atoms with Crippen LogP contribution in [0.25, 0.3) is 17.0 Å². The van der Waals surface area contributed by atoms with Gasteiger partial charge in [-0.15, -0.1) is 0 Å². The maximum Gasteiger partial charge on any atom is 0.189 e. The van der Waals surface area contributed by atoms with Crippen molar-refractivity contribution in [2.75, 3.05) is 7.11 Å². The van der Waals surface area contributed by atoms with Crippen LogP contribution in [0.5, 0.6) is 11.5 Å². The third kappa shape index (κ3) is 2.91. The Morgan fingerprint density at radius 1 is 1.21 bits per heavy atom. The molecule has 0 fully saturated rings. The van der Waals surface area contributed by atoms with Gasteiger partial charge in [0.2, 0.25) is 0 Å². The predicted octanol–water partition coefficient (Wildman–Crippen LogP) is 4.66. The normalized spacial score (nSPS) is 11.3. The highest BCUT2D eigenvalue weighted by molar-refractivity contribution is 6.10. The predicted molar refractivity (Wildman–Crippen MR) is 93.7 cm³/mol. The molecule has 0 radical (unpaired) electrons. The number of furan rings is 1. The van der Waals surface area contributed by atoms with Gasteiger partial charge in [0.15, 0.2) is 5.78 Å². The van der Waals surface area contributed by atoms with E-state index in [1.807, 2.05) is 38.1 Å². The van der Waals surface area contributed by atoms with Crippen LogP contribution in [0.2, 0.25) is 0 Å². The van der Waals surface area contributed by atoms with Crippen LogP contribution in [0.3, 0.4) is 0 Å². The number of hydrogen-bond donors (Lipinski definition) is 1. The summed E-state index contributed by atoms with van der Waals surface area (Å²) in [5.41, 5.74) is 2.65. The monoisotopic (exact) mass is 322 g/mol. The molecule has 3 aromatic rings. The number of ether oxygens (including phenoxy) is 1. The van der Waals surface area contributed by atoms with Gasteiger partial charge in [0.05, 0.1) is 12.7 Å². The van der Waals surface area contributed by atoms with E-state index in [4.69, 9.17) is 9.15 Å². The fraction of sp³-hybridized carbons (Fsp3) is 0.150. The Morgan fingerprint density at radius 3 is 2.75 bits per heavy atom. The van der Waals surface area contributed by atoms with E-state index in [0.717, 1.165) is 28.0 Å². The first-order valence-corrected chi connectivity index (χ1v) is 7.59. The van der Waals surface area contributed by atoms with Gasteiger partial charge in [0.25, 0.3) is 0 Å². The number of carbonyl (C=O) groups excluding carboxylic acids is 1. The van der Waals surface area contributed by atoms with Crippen LogP contribution in [0.15, 0.2) is 46.9 Å². The molecule has 1 heterocycles.